The molecule has 1 aliphatic heterocycles. The summed E-state index contributed by atoms with van der Waals surface area (Å²) in [6, 6.07) is 13.0. The Labute approximate surface area is 200 Å². The van der Waals surface area contributed by atoms with Crippen molar-refractivity contribution in [3.8, 4) is 11.5 Å². The number of fused-ring (bicyclic) bond motifs is 1. The molecule has 2 aromatic carbocycles. The molecule has 0 atom stereocenters. The number of hydrogen-bond acceptors (Lipinski definition) is 4. The molecule has 0 radical (unpaired) electrons. The van der Waals surface area contributed by atoms with Gasteiger partial charge >= 0.3 is 0 Å². The van der Waals surface area contributed by atoms with Gasteiger partial charge in [-0.15, -0.1) is 0 Å². The van der Waals surface area contributed by atoms with Gasteiger partial charge in [-0.3, -0.25) is 9.59 Å². The van der Waals surface area contributed by atoms with Gasteiger partial charge in [-0.1, -0.05) is 6.92 Å². The van der Waals surface area contributed by atoms with E-state index in [-0.39, 0.29) is 18.4 Å². The molecule has 180 valence electrons. The van der Waals surface area contributed by atoms with Gasteiger partial charge in [0.1, 0.15) is 0 Å². The van der Waals surface area contributed by atoms with Gasteiger partial charge in [0.05, 0.1) is 6.61 Å². The number of aromatic nitrogens is 1. The van der Waals surface area contributed by atoms with E-state index in [4.69, 9.17) is 9.47 Å². The Morgan fingerprint density at radius 2 is 1.76 bits per heavy atom. The second-order valence-electron chi connectivity index (χ2n) is 8.56. The molecule has 0 bridgehead atoms. The number of benzene rings is 2. The molecule has 0 aliphatic carbocycles. The zero-order chi connectivity index (χ0) is 23.9. The second-order valence-corrected chi connectivity index (χ2v) is 8.56. The molecule has 0 unspecified atom stereocenters. The van der Waals surface area contributed by atoms with Gasteiger partial charge in [-0.25, -0.2) is 0 Å². The van der Waals surface area contributed by atoms with Gasteiger partial charge in [0.2, 0.25) is 0 Å². The average molecular weight is 464 g/mol. The maximum absolute atomic E-state index is 12.9. The van der Waals surface area contributed by atoms with Crippen LogP contribution in [0.3, 0.4) is 0 Å². The lowest BCUT2D eigenvalue weighted by molar-refractivity contribution is -0.134. The number of likely N-dealkylation sites (tertiary alicyclic amines) is 1. The van der Waals surface area contributed by atoms with Crippen LogP contribution in [0.4, 0.5) is 5.69 Å². The third-order valence-electron chi connectivity index (χ3n) is 6.06. The van der Waals surface area contributed by atoms with Crippen molar-refractivity contribution in [2.24, 2.45) is 0 Å². The van der Waals surface area contributed by atoms with Gasteiger partial charge < -0.3 is 24.3 Å². The summed E-state index contributed by atoms with van der Waals surface area (Å²) in [5.74, 6) is 0.660. The number of nitrogens with one attached hydrogen (secondary N) is 1. The fourth-order valence-electron chi connectivity index (χ4n) is 4.33. The van der Waals surface area contributed by atoms with Gasteiger partial charge in [-0.2, -0.15) is 0 Å². The van der Waals surface area contributed by atoms with E-state index < -0.39 is 0 Å². The first-order valence-corrected chi connectivity index (χ1v) is 12.2. The minimum atomic E-state index is -0.232. The minimum Gasteiger partial charge on any atom is -0.490 e. The van der Waals surface area contributed by atoms with Crippen LogP contribution in [0.1, 0.15) is 49.9 Å². The van der Waals surface area contributed by atoms with Crippen molar-refractivity contribution in [1.29, 1.82) is 0 Å². The first-order valence-electron chi connectivity index (χ1n) is 12.2. The number of ether oxygens (including phenoxy) is 2. The lowest BCUT2D eigenvalue weighted by atomic mass is 10.1. The largest absolute Gasteiger partial charge is 0.490 e. The second kappa shape index (κ2) is 11.1. The first-order chi connectivity index (χ1) is 16.6. The lowest BCUT2D eigenvalue weighted by Crippen LogP contribution is -2.38. The van der Waals surface area contributed by atoms with Gasteiger partial charge in [0, 0.05) is 48.0 Å². The normalized spacial score (nSPS) is 13.6. The van der Waals surface area contributed by atoms with Crippen LogP contribution >= 0.6 is 0 Å². The summed E-state index contributed by atoms with van der Waals surface area (Å²) in [6.45, 7) is 6.95. The van der Waals surface area contributed by atoms with Crippen molar-refractivity contribution >= 4 is 28.4 Å². The van der Waals surface area contributed by atoms with Crippen LogP contribution in [0.5, 0.6) is 11.5 Å². The Hall–Kier alpha value is -3.48. The Bertz CT molecular complexity index is 1150. The quantitative estimate of drug-likeness (QED) is 0.480. The van der Waals surface area contributed by atoms with E-state index in [0.717, 1.165) is 55.5 Å². The van der Waals surface area contributed by atoms with E-state index in [1.165, 1.54) is 6.42 Å². The average Bonchev–Trinajstić information content (AvgIpc) is 3.26. The van der Waals surface area contributed by atoms with Crippen LogP contribution in [0.15, 0.2) is 48.7 Å². The Balaban J connectivity index is 1.43. The van der Waals surface area contributed by atoms with Gasteiger partial charge in [-0.05, 0) is 75.1 Å². The van der Waals surface area contributed by atoms with Crippen molar-refractivity contribution in [3.05, 3.63) is 54.2 Å². The molecular weight excluding hydrogens is 430 g/mol. The predicted molar refractivity (Wildman–Crippen MR) is 134 cm³/mol. The maximum atomic E-state index is 12.9. The predicted octanol–water partition coefficient (Wildman–Crippen LogP) is 5.09. The molecule has 3 aromatic rings. The number of piperidine rings is 1. The molecule has 1 saturated heterocycles. The van der Waals surface area contributed by atoms with Gasteiger partial charge in [0.15, 0.2) is 18.1 Å². The van der Waals surface area contributed by atoms with E-state index in [0.29, 0.717) is 23.7 Å². The molecular formula is C27H33N3O4. The fraction of sp³-hybridized carbons (Fsp3) is 0.407. The maximum Gasteiger partial charge on any atom is 0.260 e. The molecule has 1 N–H and O–H groups in total. The third-order valence-corrected chi connectivity index (χ3v) is 6.06. The fourth-order valence-corrected chi connectivity index (χ4v) is 4.33. The van der Waals surface area contributed by atoms with Crippen molar-refractivity contribution in [2.45, 2.75) is 46.1 Å². The highest BCUT2D eigenvalue weighted by molar-refractivity contribution is 6.05. The third kappa shape index (κ3) is 5.53. The van der Waals surface area contributed by atoms with Crippen molar-refractivity contribution < 1.29 is 19.1 Å². The summed E-state index contributed by atoms with van der Waals surface area (Å²) in [5, 5.41) is 4.05. The molecule has 7 nitrogen and oxygen atoms in total. The number of rotatable bonds is 9. The number of nitrogens with zero attached hydrogens (tertiary/aromatic N) is 2. The molecule has 0 spiro atoms. The monoisotopic (exact) mass is 463 g/mol. The van der Waals surface area contributed by atoms with Crippen LogP contribution in [0.2, 0.25) is 0 Å². The molecule has 1 aromatic heterocycles. The Morgan fingerprint density at radius 1 is 0.941 bits per heavy atom. The highest BCUT2D eigenvalue weighted by Gasteiger charge is 2.18. The van der Waals surface area contributed by atoms with E-state index in [9.17, 15) is 9.59 Å². The molecule has 4 rings (SSSR count). The summed E-state index contributed by atoms with van der Waals surface area (Å²) in [7, 11) is 0. The number of aryl methyl sites for hydroxylation is 1. The highest BCUT2D eigenvalue weighted by atomic mass is 16.5. The summed E-state index contributed by atoms with van der Waals surface area (Å²) in [5.41, 5.74) is 2.35. The summed E-state index contributed by atoms with van der Waals surface area (Å²) >= 11 is 0. The van der Waals surface area contributed by atoms with E-state index in [1.807, 2.05) is 30.0 Å². The number of carbonyl (C=O) groups excluding carboxylic acids is 2. The van der Waals surface area contributed by atoms with Crippen molar-refractivity contribution in [1.82, 2.24) is 9.47 Å². The van der Waals surface area contributed by atoms with Crippen LogP contribution in [-0.2, 0) is 11.3 Å². The topological polar surface area (TPSA) is 72.8 Å². The molecule has 34 heavy (non-hydrogen) atoms. The van der Waals surface area contributed by atoms with Crippen molar-refractivity contribution in [3.63, 3.8) is 0 Å². The van der Waals surface area contributed by atoms with Crippen LogP contribution in [0.25, 0.3) is 10.9 Å². The molecule has 0 saturated carbocycles. The summed E-state index contributed by atoms with van der Waals surface area (Å²) in [4.78, 5) is 27.2. The van der Waals surface area contributed by atoms with E-state index in [2.05, 4.69) is 29.1 Å². The van der Waals surface area contributed by atoms with E-state index >= 15 is 0 Å². The summed E-state index contributed by atoms with van der Waals surface area (Å²) in [6.07, 6.45) is 6.38. The Morgan fingerprint density at radius 3 is 2.53 bits per heavy atom. The number of carbonyl (C=O) groups is 2. The van der Waals surface area contributed by atoms with Crippen LogP contribution in [0, 0.1) is 0 Å². The van der Waals surface area contributed by atoms with E-state index in [1.54, 1.807) is 18.2 Å². The molecule has 2 heterocycles. The number of hydrogen-bond donors (Lipinski definition) is 1. The number of amides is 2. The van der Waals surface area contributed by atoms with Crippen LogP contribution in [-0.4, -0.2) is 47.6 Å². The number of anilines is 1. The molecule has 1 fully saturated rings. The van der Waals surface area contributed by atoms with Gasteiger partial charge in [0.25, 0.3) is 11.8 Å². The lowest BCUT2D eigenvalue weighted by Gasteiger charge is -2.26. The molecule has 1 aliphatic rings. The van der Waals surface area contributed by atoms with Crippen LogP contribution < -0.4 is 14.8 Å². The molecule has 7 heteroatoms. The first kappa shape index (κ1) is 23.7. The van der Waals surface area contributed by atoms with Crippen molar-refractivity contribution in [2.75, 3.05) is 31.6 Å². The zero-order valence-electron chi connectivity index (χ0n) is 20.0. The zero-order valence-corrected chi connectivity index (χ0v) is 20.0. The SMILES string of the molecule is CCCn1ccc2cc(NC(=O)c3ccc(OCC(=O)N4CCCCC4)c(OCC)c3)ccc21. The molecule has 2 amide bonds. The highest BCUT2D eigenvalue weighted by Crippen LogP contribution is 2.29. The standard InChI is InChI=1S/C27H33N3O4/c1-3-13-29-16-12-20-17-22(9-10-23(20)29)28-27(32)21-8-11-24(25(18-21)33-4-2)34-19-26(31)30-14-6-5-7-15-30/h8-12,16-18H,3-7,13-15,19H2,1-2H3,(H,28,32). The summed E-state index contributed by atoms with van der Waals surface area (Å²) < 4.78 is 13.7. The smallest absolute Gasteiger partial charge is 0.260 e. The minimum absolute atomic E-state index is 0.0212. The Kier molecular flexibility index (Phi) is 7.72.